The first-order chi connectivity index (χ1) is 14.9. The van der Waals surface area contributed by atoms with E-state index in [2.05, 4.69) is 4.74 Å². The molecule has 0 radical (unpaired) electrons. The monoisotopic (exact) mass is 544 g/mol. The predicted octanol–water partition coefficient (Wildman–Crippen LogP) is 7.56. The van der Waals surface area contributed by atoms with Crippen molar-refractivity contribution in [1.29, 1.82) is 0 Å². The molecule has 0 bridgehead atoms. The van der Waals surface area contributed by atoms with Crippen molar-refractivity contribution in [3.8, 4) is 0 Å². The number of unbranched alkanes of at least 4 members (excludes halogenated alkanes) is 4. The van der Waals surface area contributed by atoms with Crippen LogP contribution < -0.4 is 0 Å². The first-order valence-corrected chi connectivity index (χ1v) is 9.07. The highest BCUT2D eigenvalue weighted by Gasteiger charge is 2.92. The average molecular weight is 544 g/mol. The SMILES string of the molecule is CCCCCCCC(F)C(F)(F)OC(=O)C(F)(F)C(F)(F)C(F)(F)C(F)(F)C(F)(F)C(F)(F)F. The first kappa shape index (κ1) is 32.4. The van der Waals surface area contributed by atoms with E-state index in [0.717, 1.165) is 0 Å². The van der Waals surface area contributed by atoms with Gasteiger partial charge in [0, 0.05) is 0 Å². The van der Waals surface area contributed by atoms with Gasteiger partial charge < -0.3 is 4.74 Å². The zero-order chi connectivity index (χ0) is 27.6. The molecule has 204 valence electrons. The number of esters is 1. The molecule has 0 fully saturated rings. The average Bonchev–Trinajstić information content (AvgIpc) is 2.65. The van der Waals surface area contributed by atoms with E-state index < -0.39 is 66.9 Å². The highest BCUT2D eigenvalue weighted by molar-refractivity contribution is 5.79. The molecule has 0 aromatic rings. The number of ether oxygens (including phenoxy) is 1. The van der Waals surface area contributed by atoms with Crippen LogP contribution in [-0.2, 0) is 9.53 Å². The largest absolute Gasteiger partial charge is 0.460 e. The molecule has 0 heterocycles. The van der Waals surface area contributed by atoms with Crippen molar-refractivity contribution >= 4 is 5.97 Å². The van der Waals surface area contributed by atoms with Gasteiger partial charge >= 0.3 is 47.9 Å². The number of carbonyl (C=O) groups excluding carboxylic acids is 1. The van der Waals surface area contributed by atoms with E-state index in [-0.39, 0.29) is 6.42 Å². The molecule has 0 aliphatic heterocycles. The maximum absolute atomic E-state index is 13.5. The van der Waals surface area contributed by atoms with Crippen molar-refractivity contribution < 1.29 is 79.8 Å². The van der Waals surface area contributed by atoms with Gasteiger partial charge in [-0.3, -0.25) is 0 Å². The van der Waals surface area contributed by atoms with Gasteiger partial charge in [-0.15, -0.1) is 0 Å². The number of rotatable bonds is 13. The van der Waals surface area contributed by atoms with Gasteiger partial charge in [-0.25, -0.2) is 9.18 Å². The minimum Gasteiger partial charge on any atom is -0.394 e. The van der Waals surface area contributed by atoms with Crippen molar-refractivity contribution in [2.24, 2.45) is 0 Å². The highest BCUT2D eigenvalue weighted by Crippen LogP contribution is 2.60. The van der Waals surface area contributed by atoms with Gasteiger partial charge in [-0.05, 0) is 6.42 Å². The normalized spacial score (nSPS) is 15.9. The summed E-state index contributed by atoms with van der Waals surface area (Å²) in [4.78, 5) is 11.0. The quantitative estimate of drug-likeness (QED) is 0.136. The third-order valence-corrected chi connectivity index (χ3v) is 4.34. The molecule has 0 aliphatic carbocycles. The lowest BCUT2D eigenvalue weighted by molar-refractivity contribution is -0.438. The topological polar surface area (TPSA) is 26.3 Å². The summed E-state index contributed by atoms with van der Waals surface area (Å²) >= 11 is 0. The summed E-state index contributed by atoms with van der Waals surface area (Å²) in [5, 5.41) is 0. The number of carbonyl (C=O) groups is 1. The molecule has 0 amide bonds. The lowest BCUT2D eigenvalue weighted by atomic mass is 9.94. The fraction of sp³-hybridized carbons (Fsp3) is 0.938. The third-order valence-electron chi connectivity index (χ3n) is 4.34. The molecule has 0 aromatic carbocycles. The Kier molecular flexibility index (Phi) is 9.65. The van der Waals surface area contributed by atoms with Crippen LogP contribution in [0.5, 0.6) is 0 Å². The van der Waals surface area contributed by atoms with E-state index in [4.69, 9.17) is 0 Å². The van der Waals surface area contributed by atoms with Crippen LogP contribution in [-0.4, -0.2) is 54.0 Å². The van der Waals surface area contributed by atoms with Crippen molar-refractivity contribution in [3.05, 3.63) is 0 Å². The number of alkyl halides is 16. The number of hydrogen-bond donors (Lipinski definition) is 0. The van der Waals surface area contributed by atoms with Crippen LogP contribution in [0.3, 0.4) is 0 Å². The molecule has 0 saturated heterocycles. The molecule has 34 heavy (non-hydrogen) atoms. The van der Waals surface area contributed by atoms with E-state index in [0.29, 0.717) is 19.3 Å². The molecule has 0 N–H and O–H groups in total. The second-order valence-corrected chi connectivity index (χ2v) is 6.99. The zero-order valence-corrected chi connectivity index (χ0v) is 16.7. The van der Waals surface area contributed by atoms with Crippen LogP contribution in [0.15, 0.2) is 0 Å². The second kappa shape index (κ2) is 10.1. The van der Waals surface area contributed by atoms with E-state index in [1.165, 1.54) is 0 Å². The first-order valence-electron chi connectivity index (χ1n) is 9.07. The minimum atomic E-state index is -8.37. The third kappa shape index (κ3) is 5.76. The van der Waals surface area contributed by atoms with Gasteiger partial charge in [0.15, 0.2) is 0 Å². The molecule has 18 heteroatoms. The molecule has 0 aromatic heterocycles. The molecule has 0 spiro atoms. The summed E-state index contributed by atoms with van der Waals surface area (Å²) in [5.41, 5.74) is 0. The molecule has 2 nitrogen and oxygen atoms in total. The van der Waals surface area contributed by atoms with E-state index >= 15 is 0 Å². The fourth-order valence-electron chi connectivity index (χ4n) is 2.24. The smallest absolute Gasteiger partial charge is 0.394 e. The van der Waals surface area contributed by atoms with Crippen LogP contribution >= 0.6 is 0 Å². The number of hydrogen-bond acceptors (Lipinski definition) is 2. The van der Waals surface area contributed by atoms with Crippen LogP contribution in [0.25, 0.3) is 0 Å². The summed E-state index contributed by atoms with van der Waals surface area (Å²) in [6, 6.07) is 0. The minimum absolute atomic E-state index is 0.0846. The van der Waals surface area contributed by atoms with Crippen LogP contribution in [0, 0.1) is 0 Å². The van der Waals surface area contributed by atoms with E-state index in [1.54, 1.807) is 6.92 Å². The standard InChI is InChI=1S/C16H16F16O2/c1-2-3-4-5-6-7-8(17)11(20,21)34-9(33)10(18,19)12(22,23)13(24,25)14(26,27)15(28,29)16(30,31)32/h8H,2-7H2,1H3. The maximum atomic E-state index is 13.5. The van der Waals surface area contributed by atoms with E-state index in [9.17, 15) is 75.0 Å². The lowest BCUT2D eigenvalue weighted by Crippen LogP contribution is -2.71. The van der Waals surface area contributed by atoms with E-state index in [1.807, 2.05) is 0 Å². The zero-order valence-electron chi connectivity index (χ0n) is 16.7. The Morgan fingerprint density at radius 3 is 1.47 bits per heavy atom. The van der Waals surface area contributed by atoms with Gasteiger partial charge in [0.2, 0.25) is 6.17 Å². The predicted molar refractivity (Wildman–Crippen MR) is 80.1 cm³/mol. The highest BCUT2D eigenvalue weighted by atomic mass is 19.4. The molecule has 0 aliphatic rings. The van der Waals surface area contributed by atoms with Crippen LogP contribution in [0.4, 0.5) is 70.2 Å². The summed E-state index contributed by atoms with van der Waals surface area (Å²) < 4.78 is 211. The Morgan fingerprint density at radius 2 is 1.06 bits per heavy atom. The Bertz CT molecular complexity index is 685. The summed E-state index contributed by atoms with van der Waals surface area (Å²) in [6.45, 7) is 1.73. The Morgan fingerprint density at radius 1 is 0.647 bits per heavy atom. The van der Waals surface area contributed by atoms with Crippen LogP contribution in [0.1, 0.15) is 45.4 Å². The molecule has 0 rings (SSSR count). The van der Waals surface area contributed by atoms with Gasteiger partial charge in [0.1, 0.15) is 0 Å². The molecule has 1 unspecified atom stereocenters. The fourth-order valence-corrected chi connectivity index (χ4v) is 2.24. The molecular formula is C16H16F16O2. The molecule has 0 saturated carbocycles. The Labute approximate surface area is 180 Å². The van der Waals surface area contributed by atoms with Gasteiger partial charge in [-0.1, -0.05) is 39.0 Å². The number of halogens is 16. The van der Waals surface area contributed by atoms with Crippen molar-refractivity contribution in [3.63, 3.8) is 0 Å². The van der Waals surface area contributed by atoms with Crippen LogP contribution in [0.2, 0.25) is 0 Å². The van der Waals surface area contributed by atoms with Gasteiger partial charge in [0.25, 0.3) is 0 Å². The van der Waals surface area contributed by atoms with Crippen molar-refractivity contribution in [1.82, 2.24) is 0 Å². The summed E-state index contributed by atoms with van der Waals surface area (Å²) in [5.74, 6) is -44.9. The summed E-state index contributed by atoms with van der Waals surface area (Å²) in [7, 11) is 0. The Balaban J connectivity index is 5.84. The van der Waals surface area contributed by atoms with Gasteiger partial charge in [-0.2, -0.15) is 65.9 Å². The Hall–Kier alpha value is -1.65. The van der Waals surface area contributed by atoms with Crippen molar-refractivity contribution in [2.75, 3.05) is 0 Å². The molecular weight excluding hydrogens is 528 g/mol. The lowest BCUT2D eigenvalue weighted by Gasteiger charge is -2.39. The molecule has 1 atom stereocenters. The van der Waals surface area contributed by atoms with Gasteiger partial charge in [0.05, 0.1) is 0 Å². The second-order valence-electron chi connectivity index (χ2n) is 6.99. The maximum Gasteiger partial charge on any atom is 0.460 e. The summed E-state index contributed by atoms with van der Waals surface area (Å²) in [6.07, 6.45) is -17.0. The van der Waals surface area contributed by atoms with Crippen molar-refractivity contribution in [2.45, 2.75) is 93.5 Å².